The average Bonchev–Trinajstić information content (AvgIpc) is 3.42. The van der Waals surface area contributed by atoms with Crippen molar-refractivity contribution in [2.45, 2.75) is 50.8 Å². The van der Waals surface area contributed by atoms with E-state index in [0.717, 1.165) is 44.5 Å². The molecule has 0 radical (unpaired) electrons. The van der Waals surface area contributed by atoms with Gasteiger partial charge in [-0.1, -0.05) is 18.2 Å². The number of likely N-dealkylation sites (tertiary alicyclic amines) is 1. The minimum absolute atomic E-state index is 0. The molecule has 3 aliphatic rings. The molecule has 2 aliphatic heterocycles. The number of nitrogens with one attached hydrogen (secondary N) is 1. The van der Waals surface area contributed by atoms with Crippen LogP contribution in [0.25, 0.3) is 10.9 Å². The Hall–Kier alpha value is -3.08. The molecule has 1 fully saturated rings. The van der Waals surface area contributed by atoms with E-state index in [9.17, 15) is 4.39 Å². The Morgan fingerprint density at radius 3 is 2.91 bits per heavy atom. The molecule has 5 nitrogen and oxygen atoms in total. The number of para-hydroxylation sites is 1. The van der Waals surface area contributed by atoms with E-state index >= 15 is 0 Å². The third-order valence-corrected chi connectivity index (χ3v) is 7.45. The highest BCUT2D eigenvalue weighted by Crippen LogP contribution is 2.43. The van der Waals surface area contributed by atoms with Crippen molar-refractivity contribution in [3.8, 4) is 5.88 Å². The van der Waals surface area contributed by atoms with Crippen LogP contribution < -0.4 is 4.74 Å². The SMILES string of the molecule is C[C@@H]1Cc2c([nH]c3ccccc23)[C@@H](c2ccc(O[C@H]3CCN(CCCF)C3)nc2)N1C1=C=CC1.[HH]. The van der Waals surface area contributed by atoms with Crippen molar-refractivity contribution >= 4 is 10.9 Å². The summed E-state index contributed by atoms with van der Waals surface area (Å²) in [6.07, 6.45) is 7.73. The van der Waals surface area contributed by atoms with Crippen molar-refractivity contribution in [3.63, 3.8) is 0 Å². The van der Waals surface area contributed by atoms with Crippen molar-refractivity contribution in [2.75, 3.05) is 26.3 Å². The first kappa shape index (κ1) is 21.5. The van der Waals surface area contributed by atoms with Crippen LogP contribution in [0.1, 0.15) is 50.5 Å². The number of halogens is 1. The second kappa shape index (κ2) is 8.94. The molecule has 0 unspecified atom stereocenters. The minimum Gasteiger partial charge on any atom is -0.473 e. The summed E-state index contributed by atoms with van der Waals surface area (Å²) in [7, 11) is 0. The number of hydrogen-bond donors (Lipinski definition) is 1. The summed E-state index contributed by atoms with van der Waals surface area (Å²) >= 11 is 0. The van der Waals surface area contributed by atoms with Gasteiger partial charge in [0.1, 0.15) is 6.10 Å². The van der Waals surface area contributed by atoms with Crippen molar-refractivity contribution in [3.05, 3.63) is 76.9 Å². The van der Waals surface area contributed by atoms with Crippen LogP contribution in [0.15, 0.2) is 60.1 Å². The van der Waals surface area contributed by atoms with E-state index in [-0.39, 0.29) is 20.2 Å². The number of benzene rings is 1. The second-order valence-corrected chi connectivity index (χ2v) is 9.73. The molecular weight excluding hydrogens is 427 g/mol. The molecule has 0 bridgehead atoms. The Morgan fingerprint density at radius 2 is 2.15 bits per heavy atom. The maximum atomic E-state index is 12.5. The quantitative estimate of drug-likeness (QED) is 0.480. The highest BCUT2D eigenvalue weighted by molar-refractivity contribution is 5.85. The van der Waals surface area contributed by atoms with Gasteiger partial charge in [0, 0.05) is 62.4 Å². The van der Waals surface area contributed by atoms with Crippen LogP contribution in [-0.2, 0) is 6.42 Å². The van der Waals surface area contributed by atoms with Crippen LogP contribution in [0, 0.1) is 0 Å². The van der Waals surface area contributed by atoms with Crippen molar-refractivity contribution in [2.24, 2.45) is 0 Å². The van der Waals surface area contributed by atoms with E-state index < -0.39 is 0 Å². The lowest BCUT2D eigenvalue weighted by molar-refractivity contribution is 0.188. The van der Waals surface area contributed by atoms with E-state index in [1.54, 1.807) is 0 Å². The zero-order valence-corrected chi connectivity index (χ0v) is 19.6. The standard InChI is InChI=1S/C28H31FN4O.H2/c1-19-16-24-23-8-2-3-9-25(23)31-27(24)28(33(19)21-6-4-7-21)20-10-11-26(30-17-20)34-22-12-15-32(18-22)14-5-13-29;/h2-4,8-11,17,19,22,28,31H,5-6,12-16,18H2,1H3;1H/t19-,22+,28-;/m1./s1. The Morgan fingerprint density at radius 1 is 1.26 bits per heavy atom. The van der Waals surface area contributed by atoms with Crippen LogP contribution in [0.5, 0.6) is 5.88 Å². The fraction of sp³-hybridized carbons (Fsp3) is 0.429. The van der Waals surface area contributed by atoms with Crippen LogP contribution in [0.4, 0.5) is 4.39 Å². The van der Waals surface area contributed by atoms with Gasteiger partial charge in [-0.15, -0.1) is 5.73 Å². The van der Waals surface area contributed by atoms with Gasteiger partial charge < -0.3 is 14.6 Å². The number of pyridine rings is 1. The van der Waals surface area contributed by atoms with Crippen LogP contribution in [0.2, 0.25) is 0 Å². The van der Waals surface area contributed by atoms with Gasteiger partial charge >= 0.3 is 0 Å². The van der Waals surface area contributed by atoms with Gasteiger partial charge in [0.2, 0.25) is 5.88 Å². The number of fused-ring (bicyclic) bond motifs is 3. The molecule has 4 heterocycles. The fourth-order valence-electron chi connectivity index (χ4n) is 5.76. The first-order valence-corrected chi connectivity index (χ1v) is 12.4. The molecule has 3 atom stereocenters. The number of ether oxygens (including phenoxy) is 1. The highest BCUT2D eigenvalue weighted by Gasteiger charge is 2.37. The number of hydrogen-bond acceptors (Lipinski definition) is 4. The molecule has 34 heavy (non-hydrogen) atoms. The van der Waals surface area contributed by atoms with E-state index in [0.29, 0.717) is 18.3 Å². The van der Waals surface area contributed by atoms with Crippen LogP contribution in [-0.4, -0.2) is 58.2 Å². The summed E-state index contributed by atoms with van der Waals surface area (Å²) in [5.74, 6) is 0.663. The predicted octanol–water partition coefficient (Wildman–Crippen LogP) is 5.40. The second-order valence-electron chi connectivity index (χ2n) is 9.73. The molecule has 1 aromatic carbocycles. The topological polar surface area (TPSA) is 44.4 Å². The highest BCUT2D eigenvalue weighted by atomic mass is 19.1. The van der Waals surface area contributed by atoms with Gasteiger partial charge in [0.25, 0.3) is 0 Å². The van der Waals surface area contributed by atoms with E-state index in [4.69, 9.17) is 9.72 Å². The lowest BCUT2D eigenvalue weighted by atomic mass is 9.87. The fourth-order valence-corrected chi connectivity index (χ4v) is 5.76. The minimum atomic E-state index is -0.257. The van der Waals surface area contributed by atoms with Crippen LogP contribution in [0.3, 0.4) is 0 Å². The molecule has 0 saturated carbocycles. The Bertz CT molecular complexity index is 1250. The molecule has 1 saturated heterocycles. The molecule has 178 valence electrons. The Balaban J connectivity index is 0.00000253. The van der Waals surface area contributed by atoms with E-state index in [2.05, 4.69) is 63.8 Å². The first-order chi connectivity index (χ1) is 16.7. The number of H-pyrrole nitrogens is 1. The summed E-state index contributed by atoms with van der Waals surface area (Å²) < 4.78 is 18.7. The van der Waals surface area contributed by atoms with Gasteiger partial charge in [0.05, 0.1) is 18.4 Å². The van der Waals surface area contributed by atoms with Gasteiger partial charge in [-0.2, -0.15) is 0 Å². The third-order valence-electron chi connectivity index (χ3n) is 7.45. The van der Waals surface area contributed by atoms with Crippen molar-refractivity contribution in [1.82, 2.24) is 19.8 Å². The molecular formula is C28H33FN4O. The number of alkyl halides is 1. The zero-order valence-electron chi connectivity index (χ0n) is 19.6. The lowest BCUT2D eigenvalue weighted by Crippen LogP contribution is -2.42. The van der Waals surface area contributed by atoms with Gasteiger partial charge in [-0.3, -0.25) is 9.29 Å². The average molecular weight is 461 g/mol. The molecule has 2 aromatic heterocycles. The molecule has 6 rings (SSSR count). The molecule has 1 N–H and O–H groups in total. The molecule has 1 aliphatic carbocycles. The van der Waals surface area contributed by atoms with Crippen LogP contribution >= 0.6 is 0 Å². The molecule has 6 heteroatoms. The Kier molecular flexibility index (Phi) is 5.64. The maximum absolute atomic E-state index is 12.5. The zero-order chi connectivity index (χ0) is 23.1. The van der Waals surface area contributed by atoms with Gasteiger partial charge in [-0.05, 0) is 55.5 Å². The number of aromatic amines is 1. The Labute approximate surface area is 201 Å². The summed E-state index contributed by atoms with van der Waals surface area (Å²) in [4.78, 5) is 13.2. The third kappa shape index (κ3) is 3.81. The maximum Gasteiger partial charge on any atom is 0.213 e. The van der Waals surface area contributed by atoms with E-state index in [1.165, 1.54) is 27.9 Å². The smallest absolute Gasteiger partial charge is 0.213 e. The lowest BCUT2D eigenvalue weighted by Gasteiger charge is -2.44. The summed E-state index contributed by atoms with van der Waals surface area (Å²) in [6.45, 7) is 4.66. The normalized spacial score (nSPS) is 24.2. The number of aromatic nitrogens is 2. The summed E-state index contributed by atoms with van der Waals surface area (Å²) in [6, 6.07) is 13.2. The largest absolute Gasteiger partial charge is 0.473 e. The first-order valence-electron chi connectivity index (χ1n) is 12.4. The monoisotopic (exact) mass is 460 g/mol. The predicted molar refractivity (Wildman–Crippen MR) is 134 cm³/mol. The van der Waals surface area contributed by atoms with Crippen molar-refractivity contribution < 1.29 is 10.6 Å². The van der Waals surface area contributed by atoms with E-state index in [1.807, 2.05) is 12.3 Å². The summed E-state index contributed by atoms with van der Waals surface area (Å²) in [5, 5.41) is 1.32. The number of rotatable bonds is 7. The molecule has 0 amide bonds. The molecule has 0 spiro atoms. The molecule has 3 aromatic rings. The van der Waals surface area contributed by atoms with Crippen molar-refractivity contribution in [1.29, 1.82) is 0 Å². The van der Waals surface area contributed by atoms with Gasteiger partial charge in [0.15, 0.2) is 0 Å². The van der Waals surface area contributed by atoms with Gasteiger partial charge in [-0.25, -0.2) is 4.98 Å². The number of nitrogens with zero attached hydrogens (tertiary/aromatic N) is 3. The summed E-state index contributed by atoms with van der Waals surface area (Å²) in [5.41, 5.74) is 9.70.